The minimum Gasteiger partial charge on any atom is -0.493 e. The van der Waals surface area contributed by atoms with Crippen LogP contribution >= 0.6 is 0 Å². The number of aromatic nitrogens is 2. The zero-order valence-electron chi connectivity index (χ0n) is 18.7. The summed E-state index contributed by atoms with van der Waals surface area (Å²) in [5.74, 6) is 1.79. The highest BCUT2D eigenvalue weighted by atomic mass is 16.5. The number of para-hydroxylation sites is 1. The molecule has 0 saturated carbocycles. The summed E-state index contributed by atoms with van der Waals surface area (Å²) >= 11 is 0. The van der Waals surface area contributed by atoms with Crippen molar-refractivity contribution in [3.63, 3.8) is 0 Å². The molecule has 0 bridgehead atoms. The quantitative estimate of drug-likeness (QED) is 0.456. The Labute approximate surface area is 191 Å². The SMILES string of the molecule is COc1cc2c(cc1OC)-c1cc(NCCCNC(=O)Nc3ccccc3)nc(=O)n1CC2. The van der Waals surface area contributed by atoms with E-state index in [1.807, 2.05) is 48.5 Å². The number of carbonyl (C=O) groups excluding carboxylic acids is 1. The van der Waals surface area contributed by atoms with Gasteiger partial charge in [-0.15, -0.1) is 0 Å². The van der Waals surface area contributed by atoms with Crippen molar-refractivity contribution >= 4 is 17.5 Å². The topological polar surface area (TPSA) is 107 Å². The van der Waals surface area contributed by atoms with Crippen LogP contribution in [0, 0.1) is 0 Å². The molecule has 1 aliphatic heterocycles. The highest BCUT2D eigenvalue weighted by Gasteiger charge is 2.21. The van der Waals surface area contributed by atoms with Crippen molar-refractivity contribution in [1.82, 2.24) is 14.9 Å². The fraction of sp³-hybridized carbons (Fsp3) is 0.292. The number of nitrogens with one attached hydrogen (secondary N) is 3. The number of ether oxygens (including phenoxy) is 2. The molecule has 9 nitrogen and oxygen atoms in total. The van der Waals surface area contributed by atoms with Crippen LogP contribution < -0.4 is 31.1 Å². The second kappa shape index (κ2) is 10.1. The second-order valence-electron chi connectivity index (χ2n) is 7.60. The minimum absolute atomic E-state index is 0.257. The van der Waals surface area contributed by atoms with Crippen molar-refractivity contribution in [2.45, 2.75) is 19.4 Å². The van der Waals surface area contributed by atoms with Crippen LogP contribution in [0.3, 0.4) is 0 Å². The van der Waals surface area contributed by atoms with Crippen LogP contribution in [0.25, 0.3) is 11.3 Å². The van der Waals surface area contributed by atoms with Gasteiger partial charge in [0.2, 0.25) is 0 Å². The largest absolute Gasteiger partial charge is 0.493 e. The van der Waals surface area contributed by atoms with E-state index < -0.39 is 0 Å². The van der Waals surface area contributed by atoms with E-state index >= 15 is 0 Å². The Morgan fingerprint density at radius 1 is 1.06 bits per heavy atom. The van der Waals surface area contributed by atoms with Gasteiger partial charge in [0.1, 0.15) is 5.82 Å². The summed E-state index contributed by atoms with van der Waals surface area (Å²) < 4.78 is 12.5. The van der Waals surface area contributed by atoms with Crippen molar-refractivity contribution in [1.29, 1.82) is 0 Å². The van der Waals surface area contributed by atoms with Crippen LogP contribution in [0.2, 0.25) is 0 Å². The second-order valence-corrected chi connectivity index (χ2v) is 7.60. The first-order valence-electron chi connectivity index (χ1n) is 10.8. The van der Waals surface area contributed by atoms with E-state index in [2.05, 4.69) is 20.9 Å². The maximum absolute atomic E-state index is 12.6. The number of nitrogens with zero attached hydrogens (tertiary/aromatic N) is 2. The molecule has 0 atom stereocenters. The number of amides is 2. The van der Waals surface area contributed by atoms with Crippen LogP contribution in [0.4, 0.5) is 16.3 Å². The molecule has 0 aliphatic carbocycles. The van der Waals surface area contributed by atoms with Crippen LogP contribution in [0.15, 0.2) is 53.3 Å². The Hall–Kier alpha value is -4.01. The molecule has 3 aromatic rings. The molecule has 33 heavy (non-hydrogen) atoms. The van der Waals surface area contributed by atoms with Gasteiger partial charge in [-0.2, -0.15) is 4.98 Å². The molecule has 0 spiro atoms. The smallest absolute Gasteiger partial charge is 0.349 e. The monoisotopic (exact) mass is 449 g/mol. The van der Waals surface area contributed by atoms with Crippen LogP contribution in [-0.4, -0.2) is 42.9 Å². The lowest BCUT2D eigenvalue weighted by Gasteiger charge is -2.23. The maximum atomic E-state index is 12.6. The highest BCUT2D eigenvalue weighted by molar-refractivity contribution is 5.89. The third-order valence-corrected chi connectivity index (χ3v) is 5.48. The lowest BCUT2D eigenvalue weighted by molar-refractivity contribution is 0.252. The number of carbonyl (C=O) groups is 1. The lowest BCUT2D eigenvalue weighted by Crippen LogP contribution is -2.31. The zero-order chi connectivity index (χ0) is 23.2. The molecule has 3 N–H and O–H groups in total. The lowest BCUT2D eigenvalue weighted by atomic mass is 9.97. The average molecular weight is 450 g/mol. The maximum Gasteiger partial charge on any atom is 0.349 e. The van der Waals surface area contributed by atoms with E-state index in [-0.39, 0.29) is 11.7 Å². The van der Waals surface area contributed by atoms with Crippen molar-refractivity contribution in [3.05, 3.63) is 64.6 Å². The predicted molar refractivity (Wildman–Crippen MR) is 127 cm³/mol. The number of anilines is 2. The third-order valence-electron chi connectivity index (χ3n) is 5.48. The van der Waals surface area contributed by atoms with E-state index in [1.165, 1.54) is 0 Å². The summed E-state index contributed by atoms with van der Waals surface area (Å²) in [5.41, 5.74) is 3.26. The third kappa shape index (κ3) is 5.08. The van der Waals surface area contributed by atoms with Gasteiger partial charge in [0.15, 0.2) is 11.5 Å². The van der Waals surface area contributed by atoms with Gasteiger partial charge in [-0.3, -0.25) is 4.57 Å². The van der Waals surface area contributed by atoms with Crippen molar-refractivity contribution in [2.75, 3.05) is 37.9 Å². The number of hydrogen-bond donors (Lipinski definition) is 3. The zero-order valence-corrected chi connectivity index (χ0v) is 18.7. The van der Waals surface area contributed by atoms with Gasteiger partial charge in [0.05, 0.1) is 19.9 Å². The molecular formula is C24H27N5O4. The number of urea groups is 1. The summed E-state index contributed by atoms with van der Waals surface area (Å²) in [6.07, 6.45) is 1.39. The molecule has 172 valence electrons. The number of aryl methyl sites for hydroxylation is 1. The van der Waals surface area contributed by atoms with Crippen molar-refractivity contribution in [3.8, 4) is 22.8 Å². The molecule has 4 rings (SSSR count). The van der Waals surface area contributed by atoms with E-state index in [9.17, 15) is 9.59 Å². The Bertz CT molecular complexity index is 1190. The van der Waals surface area contributed by atoms with Crippen LogP contribution in [-0.2, 0) is 13.0 Å². The Morgan fingerprint density at radius 3 is 2.58 bits per heavy atom. The average Bonchev–Trinajstić information content (AvgIpc) is 2.83. The molecule has 0 unspecified atom stereocenters. The summed E-state index contributed by atoms with van der Waals surface area (Å²) in [4.78, 5) is 28.7. The summed E-state index contributed by atoms with van der Waals surface area (Å²) in [7, 11) is 3.20. The van der Waals surface area contributed by atoms with Crippen LogP contribution in [0.1, 0.15) is 12.0 Å². The predicted octanol–water partition coefficient (Wildman–Crippen LogP) is 3.11. The Morgan fingerprint density at radius 2 is 1.82 bits per heavy atom. The Balaban J connectivity index is 1.38. The molecule has 9 heteroatoms. The normalized spacial score (nSPS) is 11.7. The van der Waals surface area contributed by atoms with Gasteiger partial charge < -0.3 is 25.4 Å². The molecular weight excluding hydrogens is 422 g/mol. The summed E-state index contributed by atoms with van der Waals surface area (Å²) in [6.45, 7) is 1.60. The fourth-order valence-electron chi connectivity index (χ4n) is 3.84. The number of rotatable bonds is 8. The number of hydrogen-bond acceptors (Lipinski definition) is 6. The van der Waals surface area contributed by atoms with E-state index in [4.69, 9.17) is 9.47 Å². The molecule has 2 aromatic carbocycles. The molecule has 0 radical (unpaired) electrons. The van der Waals surface area contributed by atoms with E-state index in [1.54, 1.807) is 18.8 Å². The molecule has 1 aliphatic rings. The fourth-order valence-corrected chi connectivity index (χ4v) is 3.84. The molecule has 0 saturated heterocycles. The van der Waals surface area contributed by atoms with Gasteiger partial charge >= 0.3 is 11.7 Å². The number of fused-ring (bicyclic) bond motifs is 3. The first kappa shape index (κ1) is 22.2. The standard InChI is InChI=1S/C24H27N5O4/c1-32-20-13-16-9-12-29-19(18(16)14-21(20)33-2)15-22(28-24(29)31)25-10-6-11-26-23(30)27-17-7-4-3-5-8-17/h3-5,7-8,13-15H,6,9-12H2,1-2H3,(H,25,28,31)(H2,26,27,30). The molecule has 2 amide bonds. The summed E-state index contributed by atoms with van der Waals surface area (Å²) in [6, 6.07) is 14.7. The molecule has 0 fully saturated rings. The van der Waals surface area contributed by atoms with Crippen molar-refractivity contribution in [2.24, 2.45) is 0 Å². The number of methoxy groups -OCH3 is 2. The van der Waals surface area contributed by atoms with Gasteiger partial charge in [0.25, 0.3) is 0 Å². The number of benzene rings is 2. The van der Waals surface area contributed by atoms with E-state index in [0.29, 0.717) is 49.8 Å². The first-order valence-corrected chi connectivity index (χ1v) is 10.8. The van der Waals surface area contributed by atoms with Gasteiger partial charge in [-0.25, -0.2) is 9.59 Å². The molecule has 1 aromatic heterocycles. The first-order chi connectivity index (χ1) is 16.1. The van der Waals surface area contributed by atoms with E-state index in [0.717, 1.165) is 22.5 Å². The highest BCUT2D eigenvalue weighted by Crippen LogP contribution is 2.38. The Kier molecular flexibility index (Phi) is 6.77. The van der Waals surface area contributed by atoms with Gasteiger partial charge in [0, 0.05) is 37.0 Å². The van der Waals surface area contributed by atoms with Crippen molar-refractivity contribution < 1.29 is 14.3 Å². The van der Waals surface area contributed by atoms with Crippen LogP contribution in [0.5, 0.6) is 11.5 Å². The van der Waals surface area contributed by atoms with Gasteiger partial charge in [-0.1, -0.05) is 18.2 Å². The van der Waals surface area contributed by atoms with Gasteiger partial charge in [-0.05, 0) is 42.7 Å². The molecule has 2 heterocycles. The minimum atomic E-state index is -0.296. The summed E-state index contributed by atoms with van der Waals surface area (Å²) in [5, 5.41) is 8.78.